The number of aromatic nitrogens is 1. The molecule has 1 aliphatic rings. The summed E-state index contributed by atoms with van der Waals surface area (Å²) in [6, 6.07) is 2.96. The Morgan fingerprint density at radius 2 is 2.00 bits per heavy atom. The number of esters is 1. The van der Waals surface area contributed by atoms with Crippen molar-refractivity contribution in [3.05, 3.63) is 28.0 Å². The predicted molar refractivity (Wildman–Crippen MR) is 92.3 cm³/mol. The lowest BCUT2D eigenvalue weighted by Gasteiger charge is -2.25. The molecule has 0 bridgehead atoms. The molecular weight excluding hydrogens is 363 g/mol. The second-order valence-electron chi connectivity index (χ2n) is 5.36. The first-order valence-corrected chi connectivity index (χ1v) is 8.07. The Labute approximate surface area is 152 Å². The van der Waals surface area contributed by atoms with Crippen LogP contribution >= 0.6 is 35.6 Å². The van der Waals surface area contributed by atoms with Crippen molar-refractivity contribution in [2.45, 2.75) is 31.9 Å². The first-order chi connectivity index (χ1) is 10.6. The second kappa shape index (κ2) is 10.3. The fourth-order valence-electron chi connectivity index (χ4n) is 2.50. The van der Waals surface area contributed by atoms with E-state index in [2.05, 4.69) is 10.3 Å². The van der Waals surface area contributed by atoms with Crippen LogP contribution in [0.25, 0.3) is 0 Å². The minimum Gasteiger partial charge on any atom is -0.460 e. The third-order valence-electron chi connectivity index (χ3n) is 3.75. The van der Waals surface area contributed by atoms with E-state index in [-0.39, 0.29) is 41.3 Å². The molecule has 0 spiro atoms. The molecule has 1 aromatic rings. The Balaban J connectivity index is 0.00000264. The van der Waals surface area contributed by atoms with Crippen LogP contribution in [-0.4, -0.2) is 37.3 Å². The Kier molecular flexibility index (Phi) is 9.17. The van der Waals surface area contributed by atoms with Gasteiger partial charge in [0.15, 0.2) is 0 Å². The predicted octanol–water partition coefficient (Wildman–Crippen LogP) is 3.26. The van der Waals surface area contributed by atoms with Crippen molar-refractivity contribution >= 4 is 41.6 Å². The van der Waals surface area contributed by atoms with Crippen molar-refractivity contribution in [3.63, 3.8) is 0 Å². The maximum atomic E-state index is 12.2. The van der Waals surface area contributed by atoms with Gasteiger partial charge < -0.3 is 14.8 Å². The molecule has 2 heterocycles. The van der Waals surface area contributed by atoms with Crippen LogP contribution < -0.4 is 5.32 Å². The molecule has 1 aliphatic heterocycles. The van der Waals surface area contributed by atoms with Crippen LogP contribution in [0.1, 0.15) is 24.8 Å². The van der Waals surface area contributed by atoms with Crippen LogP contribution in [0.5, 0.6) is 0 Å². The number of nitrogens with zero attached hydrogens (tertiary/aromatic N) is 1. The molecule has 23 heavy (non-hydrogen) atoms. The Morgan fingerprint density at radius 3 is 2.57 bits per heavy atom. The minimum absolute atomic E-state index is 0. The van der Waals surface area contributed by atoms with Gasteiger partial charge in [-0.15, -0.1) is 12.4 Å². The van der Waals surface area contributed by atoms with Gasteiger partial charge in [0.05, 0.1) is 0 Å². The number of rotatable bonds is 6. The van der Waals surface area contributed by atoms with Gasteiger partial charge in [-0.05, 0) is 49.9 Å². The van der Waals surface area contributed by atoms with E-state index in [9.17, 15) is 4.79 Å². The molecule has 130 valence electrons. The zero-order valence-corrected chi connectivity index (χ0v) is 15.2. The number of halogens is 3. The van der Waals surface area contributed by atoms with E-state index in [1.165, 1.54) is 0 Å². The number of hydrogen-bond donors (Lipinski definition) is 1. The number of pyridine rings is 1. The summed E-state index contributed by atoms with van der Waals surface area (Å²) in [7, 11) is 1.77. The zero-order valence-electron chi connectivity index (χ0n) is 12.9. The number of hydrogen-bond acceptors (Lipinski definition) is 5. The van der Waals surface area contributed by atoms with Crippen molar-refractivity contribution in [2.75, 3.05) is 20.3 Å². The summed E-state index contributed by atoms with van der Waals surface area (Å²) in [6.45, 7) is 1.67. The lowest BCUT2D eigenvalue weighted by molar-refractivity contribution is -0.148. The first-order valence-electron chi connectivity index (χ1n) is 7.32. The van der Waals surface area contributed by atoms with Crippen molar-refractivity contribution in [3.8, 4) is 0 Å². The van der Waals surface area contributed by atoms with E-state index in [1.807, 2.05) is 0 Å². The minimum atomic E-state index is -0.309. The van der Waals surface area contributed by atoms with Gasteiger partial charge in [-0.25, -0.2) is 4.98 Å². The summed E-state index contributed by atoms with van der Waals surface area (Å²) in [4.78, 5) is 16.0. The van der Waals surface area contributed by atoms with Crippen LogP contribution in [0.2, 0.25) is 10.3 Å². The number of carbonyl (C=O) groups excluding carboxylic acids is 1. The lowest BCUT2D eigenvalue weighted by Crippen LogP contribution is -2.38. The fraction of sp³-hybridized carbons (Fsp3) is 0.600. The molecule has 8 heteroatoms. The van der Waals surface area contributed by atoms with Gasteiger partial charge in [-0.2, -0.15) is 0 Å². The average Bonchev–Trinajstić information content (AvgIpc) is 2.50. The van der Waals surface area contributed by atoms with Gasteiger partial charge in [0, 0.05) is 13.2 Å². The number of likely N-dealkylation sites (N-methyl/N-ethyl adjacent to an activating group) is 1. The van der Waals surface area contributed by atoms with Crippen LogP contribution in [0.3, 0.4) is 0 Å². The number of carbonyl (C=O) groups is 1. The highest BCUT2D eigenvalue weighted by Crippen LogP contribution is 2.21. The highest BCUT2D eigenvalue weighted by molar-refractivity contribution is 6.32. The first kappa shape index (κ1) is 20.5. The number of nitrogens with one attached hydrogen (secondary N) is 1. The fourth-order valence-corrected chi connectivity index (χ4v) is 3.01. The van der Waals surface area contributed by atoms with Gasteiger partial charge in [0.2, 0.25) is 0 Å². The number of ether oxygens (including phenoxy) is 2. The van der Waals surface area contributed by atoms with Crippen LogP contribution in [0, 0.1) is 5.92 Å². The lowest BCUT2D eigenvalue weighted by atomic mass is 9.92. The highest BCUT2D eigenvalue weighted by atomic mass is 35.5. The molecule has 2 rings (SSSR count). The van der Waals surface area contributed by atoms with Crippen LogP contribution in [-0.2, 0) is 20.9 Å². The summed E-state index contributed by atoms with van der Waals surface area (Å²) in [5.41, 5.74) is 0.722. The maximum absolute atomic E-state index is 12.2. The molecule has 0 aromatic carbocycles. The third kappa shape index (κ3) is 6.81. The van der Waals surface area contributed by atoms with Gasteiger partial charge in [0.1, 0.15) is 23.0 Å². The van der Waals surface area contributed by atoms with Gasteiger partial charge in [-0.1, -0.05) is 23.2 Å². The molecule has 0 aliphatic carbocycles. The summed E-state index contributed by atoms with van der Waals surface area (Å²) in [5.74, 6) is 0.224. The molecule has 5 nitrogen and oxygen atoms in total. The summed E-state index contributed by atoms with van der Waals surface area (Å²) in [6.07, 6.45) is 2.73. The SMILES string of the molecule is CN[C@@H](CC1CCOCC1)C(=O)OCc1cc(Cl)nc(Cl)c1.Cl. The molecule has 0 amide bonds. The summed E-state index contributed by atoms with van der Waals surface area (Å²) < 4.78 is 10.7. The average molecular weight is 384 g/mol. The Bertz CT molecular complexity index is 490. The van der Waals surface area contributed by atoms with Crippen LogP contribution in [0.15, 0.2) is 12.1 Å². The van der Waals surface area contributed by atoms with Crippen LogP contribution in [0.4, 0.5) is 0 Å². The molecule has 1 saturated heterocycles. The maximum Gasteiger partial charge on any atom is 0.323 e. The monoisotopic (exact) mass is 382 g/mol. The highest BCUT2D eigenvalue weighted by Gasteiger charge is 2.24. The molecular formula is C15H21Cl3N2O3. The zero-order chi connectivity index (χ0) is 15.9. The molecule has 1 N–H and O–H groups in total. The Hall–Kier alpha value is -0.590. The molecule has 0 unspecified atom stereocenters. The topological polar surface area (TPSA) is 60.5 Å². The van der Waals surface area contributed by atoms with E-state index >= 15 is 0 Å². The smallest absolute Gasteiger partial charge is 0.323 e. The van der Waals surface area contributed by atoms with E-state index < -0.39 is 0 Å². The van der Waals surface area contributed by atoms with Gasteiger partial charge in [-0.3, -0.25) is 4.79 Å². The van der Waals surface area contributed by atoms with Gasteiger partial charge >= 0.3 is 5.97 Å². The van der Waals surface area contributed by atoms with E-state index in [4.69, 9.17) is 32.7 Å². The summed E-state index contributed by atoms with van der Waals surface area (Å²) >= 11 is 11.6. The summed E-state index contributed by atoms with van der Waals surface area (Å²) in [5, 5.41) is 3.59. The van der Waals surface area contributed by atoms with Crippen molar-refractivity contribution in [1.82, 2.24) is 10.3 Å². The van der Waals surface area contributed by atoms with E-state index in [0.29, 0.717) is 5.92 Å². The quantitative estimate of drug-likeness (QED) is 0.603. The van der Waals surface area contributed by atoms with Gasteiger partial charge in [0.25, 0.3) is 0 Å². The van der Waals surface area contributed by atoms with Crippen molar-refractivity contribution < 1.29 is 14.3 Å². The molecule has 1 fully saturated rings. The largest absolute Gasteiger partial charge is 0.460 e. The van der Waals surface area contributed by atoms with E-state index in [0.717, 1.165) is 38.0 Å². The standard InChI is InChI=1S/C15H20Cl2N2O3.ClH/c1-18-12(6-10-2-4-21-5-3-10)15(20)22-9-11-7-13(16)19-14(17)8-11;/h7-8,10,12,18H,2-6,9H2,1H3;1H/t12-;/m0./s1. The van der Waals surface area contributed by atoms with E-state index in [1.54, 1.807) is 19.2 Å². The normalized spacial score (nSPS) is 16.5. The molecule has 1 aromatic heterocycles. The molecule has 1 atom stereocenters. The third-order valence-corrected chi connectivity index (χ3v) is 4.13. The molecule has 0 saturated carbocycles. The molecule has 0 radical (unpaired) electrons. The van der Waals surface area contributed by atoms with Crippen molar-refractivity contribution in [1.29, 1.82) is 0 Å². The Morgan fingerprint density at radius 1 is 1.39 bits per heavy atom. The van der Waals surface area contributed by atoms with Crippen molar-refractivity contribution in [2.24, 2.45) is 5.92 Å². The second-order valence-corrected chi connectivity index (χ2v) is 6.14.